The van der Waals surface area contributed by atoms with E-state index in [-0.39, 0.29) is 16.9 Å². The van der Waals surface area contributed by atoms with Crippen molar-refractivity contribution in [1.82, 2.24) is 0 Å². The fourth-order valence-corrected chi connectivity index (χ4v) is 6.25. The second-order valence-electron chi connectivity index (χ2n) is 11.8. The third-order valence-corrected chi connectivity index (χ3v) is 8.18. The number of anilines is 1. The van der Waals surface area contributed by atoms with Crippen molar-refractivity contribution in [3.05, 3.63) is 118 Å². The fraction of sp³-hybridized carbons (Fsp3) is 0.257. The molecule has 4 aromatic rings. The zero-order valence-electron chi connectivity index (χ0n) is 24.2. The van der Waals surface area contributed by atoms with Crippen LogP contribution >= 0.6 is 11.6 Å². The maximum absolute atomic E-state index is 14.5. The summed E-state index contributed by atoms with van der Waals surface area (Å²) in [5.41, 5.74) is 3.46. The number of benzene rings is 4. The summed E-state index contributed by atoms with van der Waals surface area (Å²) in [6.07, 6.45) is 0. The van der Waals surface area contributed by atoms with Gasteiger partial charge in [-0.3, -0.25) is 14.5 Å². The maximum atomic E-state index is 14.5. The van der Waals surface area contributed by atoms with Gasteiger partial charge in [-0.1, -0.05) is 80.9 Å². The summed E-state index contributed by atoms with van der Waals surface area (Å²) in [7, 11) is 0. The summed E-state index contributed by atoms with van der Waals surface area (Å²) >= 11 is 6.78. The number of carbonyl (C=O) groups excluding carboxylic acids is 1. The van der Waals surface area contributed by atoms with Crippen LogP contribution in [0.3, 0.4) is 0 Å². The number of fused-ring (bicyclic) bond motifs is 2. The quantitative estimate of drug-likeness (QED) is 0.247. The standard InChI is InChI=1S/C35H32ClNO6/c1-35(2,3)27-13-10-23(18-28(27)36)37-32(22-9-14-29-30(17-22)42-16-15-41-29)31(34(39)40)25-12-11-24(19-26(25)33(37)38)43-20-21-7-5-4-6-8-21/h4-14,17-19,31-32H,15-16,20H2,1-3H3,(H,39,40)/t31-,32+/m0/s1. The number of halogens is 1. The Balaban J connectivity index is 1.48. The van der Waals surface area contributed by atoms with E-state index < -0.39 is 17.9 Å². The molecule has 0 radical (unpaired) electrons. The van der Waals surface area contributed by atoms with Gasteiger partial charge in [-0.05, 0) is 64.1 Å². The predicted octanol–water partition coefficient (Wildman–Crippen LogP) is 7.56. The van der Waals surface area contributed by atoms with Crippen molar-refractivity contribution in [2.24, 2.45) is 0 Å². The number of hydrogen-bond acceptors (Lipinski definition) is 5. The molecule has 6 rings (SSSR count). The molecule has 2 heterocycles. The molecule has 0 saturated carbocycles. The van der Waals surface area contributed by atoms with Gasteiger partial charge in [0, 0.05) is 16.3 Å². The average molecular weight is 598 g/mol. The number of carboxylic acid groups (broad SMARTS) is 1. The van der Waals surface area contributed by atoms with Crippen molar-refractivity contribution in [2.45, 2.75) is 44.8 Å². The zero-order valence-corrected chi connectivity index (χ0v) is 24.9. The Morgan fingerprint density at radius 3 is 2.40 bits per heavy atom. The van der Waals surface area contributed by atoms with Gasteiger partial charge in [0.15, 0.2) is 11.5 Å². The second kappa shape index (κ2) is 11.3. The highest BCUT2D eigenvalue weighted by Crippen LogP contribution is 2.48. The van der Waals surface area contributed by atoms with Crippen LogP contribution in [0.1, 0.15) is 65.3 Å². The lowest BCUT2D eigenvalue weighted by atomic mass is 9.79. The van der Waals surface area contributed by atoms with E-state index >= 15 is 0 Å². The molecule has 7 nitrogen and oxygen atoms in total. The molecule has 0 bridgehead atoms. The van der Waals surface area contributed by atoms with E-state index in [9.17, 15) is 14.7 Å². The summed E-state index contributed by atoms with van der Waals surface area (Å²) in [6, 6.07) is 24.6. The first-order valence-corrected chi connectivity index (χ1v) is 14.6. The number of nitrogens with zero attached hydrogens (tertiary/aromatic N) is 1. The number of carbonyl (C=O) groups is 2. The third kappa shape index (κ3) is 5.53. The van der Waals surface area contributed by atoms with E-state index in [2.05, 4.69) is 20.8 Å². The van der Waals surface area contributed by atoms with Gasteiger partial charge in [-0.15, -0.1) is 0 Å². The Kier molecular flexibility index (Phi) is 7.52. The Morgan fingerprint density at radius 2 is 1.70 bits per heavy atom. The summed E-state index contributed by atoms with van der Waals surface area (Å²) < 4.78 is 17.5. The SMILES string of the molecule is CC(C)(C)c1ccc(N2C(=O)c3cc(OCc4ccccc4)ccc3[C@H](C(=O)O)[C@H]2c2ccc3c(c2)OCCO3)cc1Cl. The normalized spacial score (nSPS) is 17.8. The van der Waals surface area contributed by atoms with E-state index in [1.165, 1.54) is 4.90 Å². The van der Waals surface area contributed by atoms with Crippen LogP contribution in [0.2, 0.25) is 5.02 Å². The van der Waals surface area contributed by atoms with E-state index in [1.54, 1.807) is 42.5 Å². The molecule has 0 spiro atoms. The molecule has 2 atom stereocenters. The number of rotatable bonds is 6. The summed E-state index contributed by atoms with van der Waals surface area (Å²) in [6.45, 7) is 7.30. The summed E-state index contributed by atoms with van der Waals surface area (Å²) in [5, 5.41) is 11.2. The topological polar surface area (TPSA) is 85.3 Å². The highest BCUT2D eigenvalue weighted by Gasteiger charge is 2.46. The smallest absolute Gasteiger partial charge is 0.313 e. The molecule has 4 aromatic carbocycles. The highest BCUT2D eigenvalue weighted by atomic mass is 35.5. The first kappa shape index (κ1) is 28.6. The Labute approximate surface area is 255 Å². The van der Waals surface area contributed by atoms with Gasteiger partial charge in [-0.25, -0.2) is 0 Å². The Bertz CT molecular complexity index is 1700. The largest absolute Gasteiger partial charge is 0.489 e. The summed E-state index contributed by atoms with van der Waals surface area (Å²) in [4.78, 5) is 29.1. The minimum atomic E-state index is -1.08. The highest BCUT2D eigenvalue weighted by molar-refractivity contribution is 6.32. The molecule has 2 aliphatic heterocycles. The van der Waals surface area contributed by atoms with Crippen molar-refractivity contribution in [2.75, 3.05) is 18.1 Å². The molecule has 0 aromatic heterocycles. The fourth-order valence-electron chi connectivity index (χ4n) is 5.79. The van der Waals surface area contributed by atoms with E-state index in [0.717, 1.165) is 11.1 Å². The van der Waals surface area contributed by atoms with Gasteiger partial charge < -0.3 is 19.3 Å². The molecule has 0 fully saturated rings. The van der Waals surface area contributed by atoms with Gasteiger partial charge in [0.05, 0.1) is 6.04 Å². The molecular weight excluding hydrogens is 566 g/mol. The van der Waals surface area contributed by atoms with Crippen LogP contribution in [0.15, 0.2) is 84.9 Å². The van der Waals surface area contributed by atoms with Crippen LogP contribution in [-0.4, -0.2) is 30.2 Å². The first-order valence-electron chi connectivity index (χ1n) is 14.2. The van der Waals surface area contributed by atoms with Gasteiger partial charge in [0.1, 0.15) is 31.5 Å². The minimum absolute atomic E-state index is 0.224. The predicted molar refractivity (Wildman–Crippen MR) is 165 cm³/mol. The lowest BCUT2D eigenvalue weighted by Crippen LogP contribution is -2.45. The van der Waals surface area contributed by atoms with Crippen molar-refractivity contribution in [3.63, 3.8) is 0 Å². The molecule has 8 heteroatoms. The lowest BCUT2D eigenvalue weighted by molar-refractivity contribution is -0.139. The number of carboxylic acids is 1. The molecule has 43 heavy (non-hydrogen) atoms. The average Bonchev–Trinajstić information content (AvgIpc) is 2.99. The number of aliphatic carboxylic acids is 1. The van der Waals surface area contributed by atoms with Crippen LogP contribution in [-0.2, 0) is 16.8 Å². The summed E-state index contributed by atoms with van der Waals surface area (Å²) in [5.74, 6) is -0.935. The van der Waals surface area contributed by atoms with Crippen molar-refractivity contribution in [3.8, 4) is 17.2 Å². The van der Waals surface area contributed by atoms with Crippen LogP contribution in [0.5, 0.6) is 17.2 Å². The van der Waals surface area contributed by atoms with Crippen LogP contribution < -0.4 is 19.1 Å². The Morgan fingerprint density at radius 1 is 0.953 bits per heavy atom. The minimum Gasteiger partial charge on any atom is -0.489 e. The number of amides is 1. The third-order valence-electron chi connectivity index (χ3n) is 7.86. The van der Waals surface area contributed by atoms with Crippen LogP contribution in [0.25, 0.3) is 0 Å². The maximum Gasteiger partial charge on any atom is 0.313 e. The second-order valence-corrected chi connectivity index (χ2v) is 12.2. The molecule has 1 amide bonds. The van der Waals surface area contributed by atoms with E-state index in [4.69, 9.17) is 25.8 Å². The Hall–Kier alpha value is -4.49. The van der Waals surface area contributed by atoms with Crippen LogP contribution in [0, 0.1) is 0 Å². The van der Waals surface area contributed by atoms with E-state index in [0.29, 0.717) is 58.9 Å². The first-order chi connectivity index (χ1) is 20.6. The van der Waals surface area contributed by atoms with E-state index in [1.807, 2.05) is 42.5 Å². The van der Waals surface area contributed by atoms with Gasteiger partial charge in [-0.2, -0.15) is 0 Å². The van der Waals surface area contributed by atoms with Crippen molar-refractivity contribution >= 4 is 29.2 Å². The van der Waals surface area contributed by atoms with Crippen molar-refractivity contribution in [1.29, 1.82) is 0 Å². The van der Waals surface area contributed by atoms with Gasteiger partial charge in [0.25, 0.3) is 5.91 Å². The lowest BCUT2D eigenvalue weighted by Gasteiger charge is -2.41. The van der Waals surface area contributed by atoms with Crippen LogP contribution in [0.4, 0.5) is 5.69 Å². The molecular formula is C35H32ClNO6. The zero-order chi connectivity index (χ0) is 30.3. The molecule has 0 unspecified atom stereocenters. The molecule has 0 aliphatic carbocycles. The number of ether oxygens (including phenoxy) is 3. The molecule has 220 valence electrons. The van der Waals surface area contributed by atoms with Gasteiger partial charge in [0.2, 0.25) is 0 Å². The number of hydrogen-bond donors (Lipinski definition) is 1. The van der Waals surface area contributed by atoms with Gasteiger partial charge >= 0.3 is 5.97 Å². The molecule has 2 aliphatic rings. The molecule has 0 saturated heterocycles. The molecule has 1 N–H and O–H groups in total. The monoisotopic (exact) mass is 597 g/mol. The van der Waals surface area contributed by atoms with Crippen molar-refractivity contribution < 1.29 is 28.9 Å².